The van der Waals surface area contributed by atoms with Crippen LogP contribution in [0.1, 0.15) is 24.2 Å². The highest BCUT2D eigenvalue weighted by molar-refractivity contribution is 5.74. The molecule has 0 bridgehead atoms. The molecule has 0 aliphatic heterocycles. The Morgan fingerprint density at radius 1 is 1.42 bits per heavy atom. The minimum Gasteiger partial charge on any atom is -0.480 e. The van der Waals surface area contributed by atoms with Crippen LogP contribution in [0.2, 0.25) is 0 Å². The molecular weight excluding hydrogens is 242 g/mol. The third-order valence-electron chi connectivity index (χ3n) is 2.98. The van der Waals surface area contributed by atoms with E-state index >= 15 is 0 Å². The normalized spacial score (nSPS) is 12.3. The van der Waals surface area contributed by atoms with E-state index < -0.39 is 12.0 Å². The first kappa shape index (κ1) is 13.3. The third-order valence-corrected chi connectivity index (χ3v) is 2.98. The van der Waals surface area contributed by atoms with Gasteiger partial charge in [-0.05, 0) is 12.5 Å². The number of carbonyl (C=O) groups is 1. The summed E-state index contributed by atoms with van der Waals surface area (Å²) in [6.45, 7) is 3.17. The molecule has 0 aliphatic carbocycles. The molecule has 0 saturated carbocycles. The number of imidazole rings is 1. The van der Waals surface area contributed by atoms with Crippen molar-refractivity contribution >= 4 is 5.97 Å². The van der Waals surface area contributed by atoms with Crippen molar-refractivity contribution in [3.05, 3.63) is 54.1 Å². The quantitative estimate of drug-likeness (QED) is 0.830. The molecule has 0 amide bonds. The molecule has 0 radical (unpaired) electrons. The smallest absolute Gasteiger partial charge is 0.326 e. The Labute approximate surface area is 111 Å². The minimum atomic E-state index is -0.897. The molecule has 5 nitrogen and oxygen atoms in total. The highest BCUT2D eigenvalue weighted by atomic mass is 16.4. The van der Waals surface area contributed by atoms with Crippen molar-refractivity contribution in [1.29, 1.82) is 0 Å². The van der Waals surface area contributed by atoms with Gasteiger partial charge in [-0.1, -0.05) is 30.3 Å². The number of nitrogens with one attached hydrogen (secondary N) is 1. The van der Waals surface area contributed by atoms with Crippen molar-refractivity contribution < 1.29 is 9.90 Å². The largest absolute Gasteiger partial charge is 0.480 e. The van der Waals surface area contributed by atoms with Gasteiger partial charge in [0.1, 0.15) is 6.04 Å². The zero-order valence-electron chi connectivity index (χ0n) is 10.8. The number of rotatable bonds is 6. The van der Waals surface area contributed by atoms with Crippen molar-refractivity contribution in [2.45, 2.75) is 26.1 Å². The standard InChI is InChI=1S/C14H17N3O2/c1-2-17-10-15-9-12(17)13(14(18)19)16-8-11-6-4-3-5-7-11/h3-7,9-10,13,16H,2,8H2,1H3,(H,18,19). The SMILES string of the molecule is CCn1cncc1C(NCc1ccccc1)C(=O)O. The van der Waals surface area contributed by atoms with Crippen LogP contribution >= 0.6 is 0 Å². The van der Waals surface area contributed by atoms with E-state index in [2.05, 4.69) is 10.3 Å². The minimum absolute atomic E-state index is 0.507. The zero-order valence-corrected chi connectivity index (χ0v) is 10.8. The lowest BCUT2D eigenvalue weighted by Crippen LogP contribution is -2.30. The third kappa shape index (κ3) is 3.20. The number of aromatic nitrogens is 2. The van der Waals surface area contributed by atoms with Gasteiger partial charge in [0, 0.05) is 13.1 Å². The van der Waals surface area contributed by atoms with Gasteiger partial charge in [-0.3, -0.25) is 10.1 Å². The van der Waals surface area contributed by atoms with Crippen molar-refractivity contribution in [2.24, 2.45) is 0 Å². The number of aliphatic carboxylic acids is 1. The predicted octanol–water partition coefficient (Wildman–Crippen LogP) is 1.82. The van der Waals surface area contributed by atoms with E-state index in [-0.39, 0.29) is 0 Å². The Morgan fingerprint density at radius 3 is 2.79 bits per heavy atom. The van der Waals surface area contributed by atoms with Crippen LogP contribution in [0.15, 0.2) is 42.9 Å². The van der Waals surface area contributed by atoms with E-state index in [1.54, 1.807) is 12.5 Å². The van der Waals surface area contributed by atoms with Gasteiger partial charge in [0.2, 0.25) is 0 Å². The summed E-state index contributed by atoms with van der Waals surface area (Å²) in [6, 6.07) is 8.98. The lowest BCUT2D eigenvalue weighted by Gasteiger charge is -2.16. The summed E-state index contributed by atoms with van der Waals surface area (Å²) >= 11 is 0. The number of hydrogen-bond acceptors (Lipinski definition) is 3. The van der Waals surface area contributed by atoms with Gasteiger partial charge < -0.3 is 9.67 Å². The van der Waals surface area contributed by atoms with Crippen molar-refractivity contribution in [3.8, 4) is 0 Å². The number of hydrogen-bond donors (Lipinski definition) is 2. The predicted molar refractivity (Wildman–Crippen MR) is 71.6 cm³/mol. The van der Waals surface area contributed by atoms with Crippen molar-refractivity contribution in [3.63, 3.8) is 0 Å². The highest BCUT2D eigenvalue weighted by Gasteiger charge is 2.22. The fourth-order valence-electron chi connectivity index (χ4n) is 1.97. The topological polar surface area (TPSA) is 67.2 Å². The van der Waals surface area contributed by atoms with Gasteiger partial charge in [-0.15, -0.1) is 0 Å². The molecule has 2 N–H and O–H groups in total. The van der Waals surface area contributed by atoms with Crippen LogP contribution in [0.4, 0.5) is 0 Å². The van der Waals surface area contributed by atoms with Gasteiger partial charge >= 0.3 is 5.97 Å². The summed E-state index contributed by atoms with van der Waals surface area (Å²) in [7, 11) is 0. The summed E-state index contributed by atoms with van der Waals surface area (Å²) in [5, 5.41) is 12.4. The van der Waals surface area contributed by atoms with Crippen LogP contribution in [0.3, 0.4) is 0 Å². The first-order valence-electron chi connectivity index (χ1n) is 6.22. The second-order valence-corrected chi connectivity index (χ2v) is 4.24. The van der Waals surface area contributed by atoms with Gasteiger partial charge in [-0.2, -0.15) is 0 Å². The molecule has 1 aromatic heterocycles. The molecule has 0 spiro atoms. The Morgan fingerprint density at radius 2 is 2.16 bits per heavy atom. The Hall–Kier alpha value is -2.14. The molecule has 5 heteroatoms. The van der Waals surface area contributed by atoms with Gasteiger partial charge in [0.25, 0.3) is 0 Å². The molecule has 2 aromatic rings. The molecule has 0 saturated heterocycles. The fourth-order valence-corrected chi connectivity index (χ4v) is 1.97. The van der Waals surface area contributed by atoms with Crippen LogP contribution < -0.4 is 5.32 Å². The average molecular weight is 259 g/mol. The second kappa shape index (κ2) is 6.15. The Balaban J connectivity index is 2.11. The van der Waals surface area contributed by atoms with E-state index in [1.165, 1.54) is 0 Å². The average Bonchev–Trinajstić information content (AvgIpc) is 2.88. The Kier molecular flexibility index (Phi) is 4.30. The zero-order chi connectivity index (χ0) is 13.7. The lowest BCUT2D eigenvalue weighted by atomic mass is 10.1. The molecular formula is C14H17N3O2. The monoisotopic (exact) mass is 259 g/mol. The van der Waals surface area contributed by atoms with Gasteiger partial charge in [-0.25, -0.2) is 4.98 Å². The summed E-state index contributed by atoms with van der Waals surface area (Å²) in [6.07, 6.45) is 3.25. The number of nitrogens with zero attached hydrogens (tertiary/aromatic N) is 2. The van der Waals surface area contributed by atoms with Crippen LogP contribution in [-0.2, 0) is 17.9 Å². The van der Waals surface area contributed by atoms with E-state index in [0.29, 0.717) is 18.8 Å². The molecule has 1 heterocycles. The van der Waals surface area contributed by atoms with Gasteiger partial charge in [0.05, 0.1) is 18.2 Å². The van der Waals surface area contributed by atoms with Crippen LogP contribution in [0.25, 0.3) is 0 Å². The molecule has 0 fully saturated rings. The van der Waals surface area contributed by atoms with E-state index in [9.17, 15) is 9.90 Å². The van der Waals surface area contributed by atoms with Crippen molar-refractivity contribution in [2.75, 3.05) is 0 Å². The molecule has 2 rings (SSSR count). The molecule has 1 unspecified atom stereocenters. The number of aryl methyl sites for hydroxylation is 1. The lowest BCUT2D eigenvalue weighted by molar-refractivity contribution is -0.139. The first-order valence-corrected chi connectivity index (χ1v) is 6.22. The van der Waals surface area contributed by atoms with Crippen LogP contribution in [0, 0.1) is 0 Å². The summed E-state index contributed by atoms with van der Waals surface area (Å²) < 4.78 is 1.83. The number of benzene rings is 1. The molecule has 1 aromatic carbocycles. The summed E-state index contributed by atoms with van der Waals surface area (Å²) in [5.74, 6) is -0.897. The molecule has 100 valence electrons. The van der Waals surface area contributed by atoms with Crippen LogP contribution in [-0.4, -0.2) is 20.6 Å². The van der Waals surface area contributed by atoms with E-state index in [4.69, 9.17) is 0 Å². The molecule has 19 heavy (non-hydrogen) atoms. The first-order chi connectivity index (χ1) is 9.22. The van der Waals surface area contributed by atoms with Gasteiger partial charge in [0.15, 0.2) is 0 Å². The van der Waals surface area contributed by atoms with E-state index in [0.717, 1.165) is 5.56 Å². The summed E-state index contributed by atoms with van der Waals surface area (Å²) in [4.78, 5) is 15.4. The number of carboxylic acid groups (broad SMARTS) is 1. The molecule has 1 atom stereocenters. The second-order valence-electron chi connectivity index (χ2n) is 4.24. The molecule has 0 aliphatic rings. The van der Waals surface area contributed by atoms with Crippen molar-refractivity contribution in [1.82, 2.24) is 14.9 Å². The van der Waals surface area contributed by atoms with E-state index in [1.807, 2.05) is 41.8 Å². The number of carboxylic acids is 1. The highest BCUT2D eigenvalue weighted by Crippen LogP contribution is 2.14. The maximum absolute atomic E-state index is 11.4. The van der Waals surface area contributed by atoms with Crippen LogP contribution in [0.5, 0.6) is 0 Å². The maximum Gasteiger partial charge on any atom is 0.326 e. The Bertz CT molecular complexity index is 537. The summed E-state index contributed by atoms with van der Waals surface area (Å²) in [5.41, 5.74) is 1.72. The fraction of sp³-hybridized carbons (Fsp3) is 0.286. The maximum atomic E-state index is 11.4.